The molecule has 1 aliphatic heterocycles. The van der Waals surface area contributed by atoms with Gasteiger partial charge in [0.05, 0.1) is 6.61 Å². The number of fused-ring (bicyclic) bond motifs is 1. The normalized spacial score (nSPS) is 15.4. The van der Waals surface area contributed by atoms with Crippen LogP contribution < -0.4 is 16.0 Å². The van der Waals surface area contributed by atoms with Gasteiger partial charge in [0.1, 0.15) is 5.75 Å². The largest absolute Gasteiger partial charge is 0.493 e. The number of hydrogen-bond acceptors (Lipinski definition) is 4. The highest BCUT2D eigenvalue weighted by Gasteiger charge is 2.19. The number of nitrogens with zero attached hydrogens (tertiary/aromatic N) is 1. The zero-order chi connectivity index (χ0) is 13.8. The second kappa shape index (κ2) is 6.57. The quantitative estimate of drug-likeness (QED) is 0.615. The third kappa shape index (κ3) is 3.83. The monoisotopic (exact) mass is 283 g/mol. The molecule has 0 aromatic heterocycles. The summed E-state index contributed by atoms with van der Waals surface area (Å²) in [6, 6.07) is 4.22. The average Bonchev–Trinajstić information content (AvgIpc) is 2.81. The predicted molar refractivity (Wildman–Crippen MR) is 78.6 cm³/mol. The Morgan fingerprint density at radius 2 is 2.26 bits per heavy atom. The molecule has 0 radical (unpaired) electrons. The van der Waals surface area contributed by atoms with Gasteiger partial charge >= 0.3 is 0 Å². The molecule has 106 valence electrons. The van der Waals surface area contributed by atoms with Gasteiger partial charge in [-0.05, 0) is 56.7 Å². The van der Waals surface area contributed by atoms with Crippen molar-refractivity contribution < 1.29 is 4.74 Å². The van der Waals surface area contributed by atoms with Gasteiger partial charge in [-0.25, -0.2) is 0 Å². The van der Waals surface area contributed by atoms with E-state index in [1.54, 1.807) is 0 Å². The van der Waals surface area contributed by atoms with E-state index in [0.29, 0.717) is 0 Å². The Morgan fingerprint density at radius 3 is 2.95 bits per heavy atom. The van der Waals surface area contributed by atoms with Crippen molar-refractivity contribution in [3.05, 3.63) is 28.3 Å². The van der Waals surface area contributed by atoms with Crippen LogP contribution in [0, 0.1) is 0 Å². The van der Waals surface area contributed by atoms with Crippen LogP contribution in [0.4, 0.5) is 0 Å². The van der Waals surface area contributed by atoms with Crippen molar-refractivity contribution in [2.45, 2.75) is 25.3 Å². The van der Waals surface area contributed by atoms with E-state index in [9.17, 15) is 0 Å². The molecule has 1 aromatic rings. The average molecular weight is 284 g/mol. The highest BCUT2D eigenvalue weighted by molar-refractivity contribution is 6.30. The van der Waals surface area contributed by atoms with E-state index in [-0.39, 0.29) is 6.04 Å². The SMILES string of the molecule is CN(C)CCC(Cc1cc(Cl)cc2c1OCC2)NN. The van der Waals surface area contributed by atoms with Crippen molar-refractivity contribution in [1.82, 2.24) is 10.3 Å². The van der Waals surface area contributed by atoms with Crippen LogP contribution in [0.2, 0.25) is 5.02 Å². The Kier molecular flexibility index (Phi) is 5.05. The summed E-state index contributed by atoms with van der Waals surface area (Å²) in [5.74, 6) is 6.66. The Morgan fingerprint density at radius 1 is 1.47 bits per heavy atom. The minimum atomic E-state index is 0.231. The molecule has 2 rings (SSSR count). The Bertz CT molecular complexity index is 437. The molecule has 1 unspecified atom stereocenters. The van der Waals surface area contributed by atoms with Crippen LogP contribution in [-0.2, 0) is 12.8 Å². The lowest BCUT2D eigenvalue weighted by atomic mass is 10.00. The van der Waals surface area contributed by atoms with E-state index < -0.39 is 0 Å². The van der Waals surface area contributed by atoms with Gasteiger partial charge in [0.25, 0.3) is 0 Å². The fraction of sp³-hybridized carbons (Fsp3) is 0.571. The fourth-order valence-corrected chi connectivity index (χ4v) is 2.68. The first-order valence-electron chi connectivity index (χ1n) is 6.65. The Balaban J connectivity index is 2.09. The summed E-state index contributed by atoms with van der Waals surface area (Å²) in [6.07, 6.45) is 2.78. The molecule has 4 nitrogen and oxygen atoms in total. The minimum absolute atomic E-state index is 0.231. The third-order valence-corrected chi connectivity index (χ3v) is 3.67. The molecule has 0 saturated carbocycles. The number of rotatable bonds is 6. The van der Waals surface area contributed by atoms with E-state index >= 15 is 0 Å². The highest BCUT2D eigenvalue weighted by Crippen LogP contribution is 2.33. The van der Waals surface area contributed by atoms with Crippen LogP contribution in [-0.4, -0.2) is 38.2 Å². The smallest absolute Gasteiger partial charge is 0.125 e. The lowest BCUT2D eigenvalue weighted by Crippen LogP contribution is -2.38. The van der Waals surface area contributed by atoms with Gasteiger partial charge < -0.3 is 9.64 Å². The molecule has 0 fully saturated rings. The van der Waals surface area contributed by atoms with E-state index in [2.05, 4.69) is 24.4 Å². The maximum atomic E-state index is 6.17. The molecule has 0 saturated heterocycles. The topological polar surface area (TPSA) is 50.5 Å². The standard InChI is InChI=1S/C14H22ClN3O/c1-18(2)5-3-13(17-16)9-11-8-12(15)7-10-4-6-19-14(10)11/h7-8,13,17H,3-6,9,16H2,1-2H3. The molecule has 0 aliphatic carbocycles. The van der Waals surface area contributed by atoms with Crippen molar-refractivity contribution >= 4 is 11.6 Å². The molecule has 19 heavy (non-hydrogen) atoms. The summed E-state index contributed by atoms with van der Waals surface area (Å²) in [4.78, 5) is 2.16. The summed E-state index contributed by atoms with van der Waals surface area (Å²) in [7, 11) is 4.13. The van der Waals surface area contributed by atoms with Gasteiger partial charge in [0.15, 0.2) is 0 Å². The molecular formula is C14H22ClN3O. The van der Waals surface area contributed by atoms with Crippen molar-refractivity contribution in [3.63, 3.8) is 0 Å². The second-order valence-corrected chi connectivity index (χ2v) is 5.75. The third-order valence-electron chi connectivity index (χ3n) is 3.45. The first-order chi connectivity index (χ1) is 9.10. The summed E-state index contributed by atoms with van der Waals surface area (Å²) >= 11 is 6.17. The molecular weight excluding hydrogens is 262 g/mol. The summed E-state index contributed by atoms with van der Waals surface area (Å²) in [5, 5.41) is 0.780. The van der Waals surface area contributed by atoms with Crippen LogP contribution in [0.25, 0.3) is 0 Å². The van der Waals surface area contributed by atoms with E-state index in [0.717, 1.165) is 48.7 Å². The van der Waals surface area contributed by atoms with Gasteiger partial charge in [-0.3, -0.25) is 11.3 Å². The summed E-state index contributed by atoms with van der Waals surface area (Å²) in [6.45, 7) is 1.75. The second-order valence-electron chi connectivity index (χ2n) is 5.31. The zero-order valence-corrected chi connectivity index (χ0v) is 12.3. The zero-order valence-electron chi connectivity index (χ0n) is 11.6. The molecule has 1 heterocycles. The lowest BCUT2D eigenvalue weighted by Gasteiger charge is -2.19. The summed E-state index contributed by atoms with van der Waals surface area (Å²) in [5.41, 5.74) is 5.26. The van der Waals surface area contributed by atoms with Crippen molar-refractivity contribution in [2.75, 3.05) is 27.2 Å². The van der Waals surface area contributed by atoms with Gasteiger partial charge in [-0.1, -0.05) is 11.6 Å². The van der Waals surface area contributed by atoms with E-state index in [1.807, 2.05) is 12.1 Å². The van der Waals surface area contributed by atoms with Crippen LogP contribution in [0.3, 0.4) is 0 Å². The molecule has 1 aliphatic rings. The molecule has 1 aromatic carbocycles. The van der Waals surface area contributed by atoms with E-state index in [4.69, 9.17) is 22.2 Å². The molecule has 5 heteroatoms. The van der Waals surface area contributed by atoms with Crippen molar-refractivity contribution in [1.29, 1.82) is 0 Å². The first-order valence-corrected chi connectivity index (χ1v) is 7.03. The molecule has 3 N–H and O–H groups in total. The van der Waals surface area contributed by atoms with Crippen molar-refractivity contribution in [3.8, 4) is 5.75 Å². The van der Waals surface area contributed by atoms with Crippen LogP contribution in [0.1, 0.15) is 17.5 Å². The van der Waals surface area contributed by atoms with Gasteiger partial charge in [-0.15, -0.1) is 0 Å². The minimum Gasteiger partial charge on any atom is -0.493 e. The number of nitrogens with two attached hydrogens (primary N) is 1. The highest BCUT2D eigenvalue weighted by atomic mass is 35.5. The molecule has 0 amide bonds. The molecule has 0 bridgehead atoms. The maximum Gasteiger partial charge on any atom is 0.125 e. The van der Waals surface area contributed by atoms with Gasteiger partial charge in [0, 0.05) is 17.5 Å². The number of ether oxygens (including phenoxy) is 1. The van der Waals surface area contributed by atoms with Gasteiger partial charge in [-0.2, -0.15) is 0 Å². The number of nitrogens with one attached hydrogen (secondary N) is 1. The predicted octanol–water partition coefficient (Wildman–Crippen LogP) is 1.60. The van der Waals surface area contributed by atoms with E-state index in [1.165, 1.54) is 5.56 Å². The number of halogens is 1. The number of hydrazine groups is 1. The molecule has 0 spiro atoms. The van der Waals surface area contributed by atoms with Gasteiger partial charge in [0.2, 0.25) is 0 Å². The first kappa shape index (κ1) is 14.6. The summed E-state index contributed by atoms with van der Waals surface area (Å²) < 4.78 is 5.72. The lowest BCUT2D eigenvalue weighted by molar-refractivity contribution is 0.342. The Hall–Kier alpha value is -0.810. The van der Waals surface area contributed by atoms with Crippen LogP contribution in [0.5, 0.6) is 5.75 Å². The Labute approximate surface area is 119 Å². The number of hydrogen-bond donors (Lipinski definition) is 2. The van der Waals surface area contributed by atoms with Crippen LogP contribution >= 0.6 is 11.6 Å². The number of benzene rings is 1. The fourth-order valence-electron chi connectivity index (χ4n) is 2.42. The van der Waals surface area contributed by atoms with Crippen molar-refractivity contribution in [2.24, 2.45) is 5.84 Å². The van der Waals surface area contributed by atoms with Crippen LogP contribution in [0.15, 0.2) is 12.1 Å². The maximum absolute atomic E-state index is 6.17. The molecule has 1 atom stereocenters.